The van der Waals surface area contributed by atoms with Crippen LogP contribution in [0.1, 0.15) is 5.56 Å². The summed E-state index contributed by atoms with van der Waals surface area (Å²) in [6.07, 6.45) is 3.22. The normalized spacial score (nSPS) is 11.1. The second-order valence-corrected chi connectivity index (χ2v) is 6.70. The van der Waals surface area contributed by atoms with Crippen molar-refractivity contribution in [2.45, 2.75) is 0 Å². The molecule has 3 aromatic carbocycles. The Hall–Kier alpha value is -3.64. The summed E-state index contributed by atoms with van der Waals surface area (Å²) in [6, 6.07) is 20.1. The number of fused-ring (bicyclic) bond motifs is 1. The van der Waals surface area contributed by atoms with Crippen LogP contribution in [0.3, 0.4) is 0 Å². The average molecular weight is 405 g/mol. The molecule has 0 saturated heterocycles. The van der Waals surface area contributed by atoms with E-state index in [9.17, 15) is 4.79 Å². The molecule has 0 bridgehead atoms. The first-order chi connectivity index (χ1) is 14.1. The predicted molar refractivity (Wildman–Crippen MR) is 115 cm³/mol. The molecular formula is C22H17ClN4O2. The van der Waals surface area contributed by atoms with Gasteiger partial charge in [0.05, 0.1) is 12.8 Å². The number of benzene rings is 3. The van der Waals surface area contributed by atoms with Gasteiger partial charge in [0.2, 0.25) is 5.91 Å². The first-order valence-electron chi connectivity index (χ1n) is 8.87. The summed E-state index contributed by atoms with van der Waals surface area (Å²) >= 11 is 6.04. The minimum Gasteiger partial charge on any atom is -0.497 e. The van der Waals surface area contributed by atoms with E-state index in [1.807, 2.05) is 42.5 Å². The van der Waals surface area contributed by atoms with Gasteiger partial charge in [-0.15, -0.1) is 10.2 Å². The lowest BCUT2D eigenvalue weighted by molar-refractivity contribution is -0.111. The van der Waals surface area contributed by atoms with Crippen molar-refractivity contribution in [3.8, 4) is 11.4 Å². The van der Waals surface area contributed by atoms with Crippen LogP contribution in [-0.4, -0.2) is 28.0 Å². The zero-order valence-corrected chi connectivity index (χ0v) is 16.3. The maximum Gasteiger partial charge on any atom is 0.248 e. The Morgan fingerprint density at radius 2 is 1.83 bits per heavy atom. The minimum atomic E-state index is -0.234. The molecule has 4 aromatic rings. The van der Waals surface area contributed by atoms with Gasteiger partial charge in [0, 0.05) is 16.8 Å². The van der Waals surface area contributed by atoms with E-state index < -0.39 is 0 Å². The van der Waals surface area contributed by atoms with Crippen LogP contribution in [0, 0.1) is 0 Å². The van der Waals surface area contributed by atoms with Gasteiger partial charge in [-0.2, -0.15) is 4.80 Å². The Morgan fingerprint density at radius 1 is 1.03 bits per heavy atom. The van der Waals surface area contributed by atoms with Gasteiger partial charge in [-0.25, -0.2) is 0 Å². The first kappa shape index (κ1) is 18.7. The third-order valence-electron chi connectivity index (χ3n) is 4.23. The Bertz CT molecular complexity index is 1200. The largest absolute Gasteiger partial charge is 0.497 e. The summed E-state index contributed by atoms with van der Waals surface area (Å²) in [6.45, 7) is 0. The second-order valence-electron chi connectivity index (χ2n) is 6.27. The number of carbonyl (C=O) groups excluding carboxylic acids is 1. The standard InChI is InChI=1S/C22H17ClN4O2/c1-29-19-9-5-15(6-10-19)7-12-22(28)24-17-8-11-20-21(14-17)26-27(25-20)18-4-2-3-16(23)13-18/h2-14H,1H3,(H,24,28)/b12-7-. The summed E-state index contributed by atoms with van der Waals surface area (Å²) in [5.74, 6) is 0.535. The van der Waals surface area contributed by atoms with Crippen LogP contribution in [-0.2, 0) is 4.79 Å². The van der Waals surface area contributed by atoms with Crippen molar-refractivity contribution in [3.63, 3.8) is 0 Å². The van der Waals surface area contributed by atoms with Gasteiger partial charge in [-0.3, -0.25) is 4.79 Å². The van der Waals surface area contributed by atoms with E-state index in [4.69, 9.17) is 16.3 Å². The fourth-order valence-electron chi connectivity index (χ4n) is 2.78. The summed E-state index contributed by atoms with van der Waals surface area (Å²) in [4.78, 5) is 13.8. The molecular weight excluding hydrogens is 388 g/mol. The molecule has 1 amide bonds. The molecule has 0 unspecified atom stereocenters. The zero-order chi connectivity index (χ0) is 20.2. The predicted octanol–water partition coefficient (Wildman–Crippen LogP) is 4.73. The summed E-state index contributed by atoms with van der Waals surface area (Å²) < 4.78 is 5.12. The highest BCUT2D eigenvalue weighted by atomic mass is 35.5. The van der Waals surface area contributed by atoms with E-state index in [-0.39, 0.29) is 5.91 Å². The molecule has 144 valence electrons. The molecule has 1 N–H and O–H groups in total. The van der Waals surface area contributed by atoms with Crippen molar-refractivity contribution < 1.29 is 9.53 Å². The lowest BCUT2D eigenvalue weighted by atomic mass is 10.2. The van der Waals surface area contributed by atoms with Crippen molar-refractivity contribution >= 4 is 40.3 Å². The smallest absolute Gasteiger partial charge is 0.248 e. The van der Waals surface area contributed by atoms with Gasteiger partial charge in [0.25, 0.3) is 0 Å². The topological polar surface area (TPSA) is 69.0 Å². The molecule has 29 heavy (non-hydrogen) atoms. The van der Waals surface area contributed by atoms with Gasteiger partial charge >= 0.3 is 0 Å². The molecule has 4 rings (SSSR count). The van der Waals surface area contributed by atoms with Crippen molar-refractivity contribution in [1.82, 2.24) is 15.0 Å². The number of nitrogens with zero attached hydrogens (tertiary/aromatic N) is 3. The van der Waals surface area contributed by atoms with Crippen molar-refractivity contribution in [1.29, 1.82) is 0 Å². The van der Waals surface area contributed by atoms with Crippen molar-refractivity contribution in [2.24, 2.45) is 0 Å². The van der Waals surface area contributed by atoms with E-state index >= 15 is 0 Å². The Morgan fingerprint density at radius 3 is 2.59 bits per heavy atom. The number of rotatable bonds is 5. The van der Waals surface area contributed by atoms with Crippen LogP contribution < -0.4 is 10.1 Å². The number of hydrogen-bond acceptors (Lipinski definition) is 4. The molecule has 1 heterocycles. The van der Waals surface area contributed by atoms with E-state index in [1.165, 1.54) is 10.9 Å². The van der Waals surface area contributed by atoms with Crippen LogP contribution in [0.5, 0.6) is 5.75 Å². The molecule has 7 heteroatoms. The van der Waals surface area contributed by atoms with Gasteiger partial charge < -0.3 is 10.1 Å². The molecule has 1 aromatic heterocycles. The van der Waals surface area contributed by atoms with Crippen LogP contribution >= 0.6 is 11.6 Å². The maximum absolute atomic E-state index is 12.2. The third-order valence-corrected chi connectivity index (χ3v) is 4.47. The van der Waals surface area contributed by atoms with E-state index in [2.05, 4.69) is 15.5 Å². The Balaban J connectivity index is 1.49. The lowest BCUT2D eigenvalue weighted by Gasteiger charge is -2.02. The van der Waals surface area contributed by atoms with E-state index in [0.717, 1.165) is 22.5 Å². The van der Waals surface area contributed by atoms with Crippen LogP contribution in [0.25, 0.3) is 22.8 Å². The molecule has 0 radical (unpaired) electrons. The summed E-state index contributed by atoms with van der Waals surface area (Å²) in [5, 5.41) is 12.4. The zero-order valence-electron chi connectivity index (χ0n) is 15.5. The van der Waals surface area contributed by atoms with Crippen molar-refractivity contribution in [2.75, 3.05) is 12.4 Å². The SMILES string of the molecule is COc1ccc(/C=C\C(=O)Nc2ccc3nn(-c4cccc(Cl)c4)nc3c2)cc1. The van der Waals surface area contributed by atoms with Gasteiger partial charge in [-0.05, 0) is 60.2 Å². The maximum atomic E-state index is 12.2. The molecule has 0 fully saturated rings. The molecule has 6 nitrogen and oxygen atoms in total. The number of amides is 1. The summed E-state index contributed by atoms with van der Waals surface area (Å²) in [5.41, 5.74) is 3.70. The number of carbonyl (C=O) groups is 1. The molecule has 0 atom stereocenters. The number of anilines is 1. The third kappa shape index (κ3) is 4.44. The Labute approximate surface area is 172 Å². The highest BCUT2D eigenvalue weighted by Gasteiger charge is 2.07. The molecule has 0 aliphatic rings. The molecule has 0 spiro atoms. The number of aromatic nitrogens is 3. The van der Waals surface area contributed by atoms with Crippen LogP contribution in [0.2, 0.25) is 5.02 Å². The fraction of sp³-hybridized carbons (Fsp3) is 0.0455. The lowest BCUT2D eigenvalue weighted by Crippen LogP contribution is -2.07. The van der Waals surface area contributed by atoms with Gasteiger partial charge in [-0.1, -0.05) is 29.8 Å². The van der Waals surface area contributed by atoms with Gasteiger partial charge in [0.1, 0.15) is 16.8 Å². The van der Waals surface area contributed by atoms with Gasteiger partial charge in [0.15, 0.2) is 0 Å². The number of nitrogens with one attached hydrogen (secondary N) is 1. The number of hydrogen-bond donors (Lipinski definition) is 1. The fourth-order valence-corrected chi connectivity index (χ4v) is 2.96. The molecule has 0 aliphatic carbocycles. The van der Waals surface area contributed by atoms with E-state index in [1.54, 1.807) is 37.5 Å². The second kappa shape index (κ2) is 8.16. The summed E-state index contributed by atoms with van der Waals surface area (Å²) in [7, 11) is 1.61. The molecule has 0 saturated carbocycles. The highest BCUT2D eigenvalue weighted by Crippen LogP contribution is 2.19. The van der Waals surface area contributed by atoms with Crippen LogP contribution in [0.4, 0.5) is 5.69 Å². The van der Waals surface area contributed by atoms with Crippen LogP contribution in [0.15, 0.2) is 72.8 Å². The Kier molecular flexibility index (Phi) is 5.27. The molecule has 0 aliphatic heterocycles. The number of ether oxygens (including phenoxy) is 1. The first-order valence-corrected chi connectivity index (χ1v) is 9.25. The minimum absolute atomic E-state index is 0.234. The van der Waals surface area contributed by atoms with E-state index in [0.29, 0.717) is 16.2 Å². The monoisotopic (exact) mass is 404 g/mol. The number of halogens is 1. The highest BCUT2D eigenvalue weighted by molar-refractivity contribution is 6.30. The average Bonchev–Trinajstić information content (AvgIpc) is 3.16. The quantitative estimate of drug-likeness (QED) is 0.488. The van der Waals surface area contributed by atoms with Crippen molar-refractivity contribution in [3.05, 3.63) is 83.4 Å². The number of methoxy groups -OCH3 is 1.